The van der Waals surface area contributed by atoms with Gasteiger partial charge >= 0.3 is 0 Å². The average Bonchev–Trinajstić information content (AvgIpc) is 2.04. The number of benzene rings is 1. The zero-order chi connectivity index (χ0) is 8.10. The SMILES string of the molecule is [C-]#[N+]C=Cc1ccc(Br)cc1. The van der Waals surface area contributed by atoms with Crippen molar-refractivity contribution >= 4 is 22.0 Å². The second-order valence-electron chi connectivity index (χ2n) is 2.00. The van der Waals surface area contributed by atoms with E-state index in [9.17, 15) is 0 Å². The molecule has 1 aromatic rings. The summed E-state index contributed by atoms with van der Waals surface area (Å²) in [6.07, 6.45) is 3.22. The van der Waals surface area contributed by atoms with E-state index in [1.807, 2.05) is 24.3 Å². The van der Waals surface area contributed by atoms with Crippen LogP contribution in [0.15, 0.2) is 34.9 Å². The molecule has 11 heavy (non-hydrogen) atoms. The molecule has 0 unspecified atom stereocenters. The molecule has 1 nitrogen and oxygen atoms in total. The summed E-state index contributed by atoms with van der Waals surface area (Å²) in [7, 11) is 0. The maximum Gasteiger partial charge on any atom is 0.154 e. The highest BCUT2D eigenvalue weighted by Crippen LogP contribution is 2.11. The molecule has 0 saturated heterocycles. The first-order valence-corrected chi connectivity index (χ1v) is 3.91. The molecule has 0 bridgehead atoms. The van der Waals surface area contributed by atoms with Gasteiger partial charge in [-0.3, -0.25) is 0 Å². The van der Waals surface area contributed by atoms with Crippen molar-refractivity contribution in [2.45, 2.75) is 0 Å². The summed E-state index contributed by atoms with van der Waals surface area (Å²) in [6, 6.07) is 7.80. The highest BCUT2D eigenvalue weighted by molar-refractivity contribution is 9.10. The van der Waals surface area contributed by atoms with Crippen LogP contribution in [0, 0.1) is 6.57 Å². The van der Waals surface area contributed by atoms with E-state index in [0.717, 1.165) is 10.0 Å². The summed E-state index contributed by atoms with van der Waals surface area (Å²) in [6.45, 7) is 6.52. The van der Waals surface area contributed by atoms with E-state index in [2.05, 4.69) is 20.8 Å². The Labute approximate surface area is 74.3 Å². The molecule has 0 aliphatic carbocycles. The van der Waals surface area contributed by atoms with Gasteiger partial charge in [0, 0.05) is 4.47 Å². The Kier molecular flexibility index (Phi) is 2.88. The number of nitrogens with zero attached hydrogens (tertiary/aromatic N) is 1. The van der Waals surface area contributed by atoms with Gasteiger partial charge in [0.2, 0.25) is 0 Å². The van der Waals surface area contributed by atoms with E-state index in [1.165, 1.54) is 6.20 Å². The summed E-state index contributed by atoms with van der Waals surface area (Å²) < 4.78 is 1.05. The molecule has 0 aromatic heterocycles. The standard InChI is InChI=1S/C9H6BrN/c1-11-7-6-8-2-4-9(10)5-3-8/h2-7H. The van der Waals surface area contributed by atoms with Gasteiger partial charge in [-0.1, -0.05) is 34.1 Å². The molecule has 2 heteroatoms. The van der Waals surface area contributed by atoms with Crippen LogP contribution in [-0.4, -0.2) is 0 Å². The third-order valence-corrected chi connectivity index (χ3v) is 1.74. The first-order chi connectivity index (χ1) is 5.33. The molecule has 1 rings (SSSR count). The highest BCUT2D eigenvalue weighted by Gasteiger charge is 1.85. The fourth-order valence-corrected chi connectivity index (χ4v) is 0.962. The lowest BCUT2D eigenvalue weighted by atomic mass is 10.2. The molecule has 0 aliphatic rings. The molecular weight excluding hydrogens is 202 g/mol. The van der Waals surface area contributed by atoms with Crippen LogP contribution in [0.4, 0.5) is 0 Å². The van der Waals surface area contributed by atoms with E-state index in [1.54, 1.807) is 6.08 Å². The number of rotatable bonds is 1. The van der Waals surface area contributed by atoms with E-state index in [0.29, 0.717) is 0 Å². The van der Waals surface area contributed by atoms with Crippen molar-refractivity contribution in [1.29, 1.82) is 0 Å². The number of hydrogen-bond acceptors (Lipinski definition) is 0. The predicted octanol–water partition coefficient (Wildman–Crippen LogP) is 3.34. The quantitative estimate of drug-likeness (QED) is 0.623. The van der Waals surface area contributed by atoms with Crippen molar-refractivity contribution in [1.82, 2.24) is 0 Å². The zero-order valence-electron chi connectivity index (χ0n) is 5.79. The van der Waals surface area contributed by atoms with Gasteiger partial charge in [-0.2, -0.15) is 0 Å². The zero-order valence-corrected chi connectivity index (χ0v) is 7.38. The van der Waals surface area contributed by atoms with Gasteiger partial charge in [-0.15, -0.1) is 0 Å². The maximum absolute atomic E-state index is 6.52. The second kappa shape index (κ2) is 3.95. The van der Waals surface area contributed by atoms with Gasteiger partial charge < -0.3 is 0 Å². The molecule has 0 saturated carbocycles. The van der Waals surface area contributed by atoms with Crippen LogP contribution >= 0.6 is 15.9 Å². The third-order valence-electron chi connectivity index (χ3n) is 1.21. The first-order valence-electron chi connectivity index (χ1n) is 3.11. The Morgan fingerprint density at radius 3 is 2.45 bits per heavy atom. The highest BCUT2D eigenvalue weighted by atomic mass is 79.9. The lowest BCUT2D eigenvalue weighted by Crippen LogP contribution is -1.68. The first kappa shape index (κ1) is 8.03. The Hall–Kier alpha value is -1.07. The summed E-state index contributed by atoms with van der Waals surface area (Å²) in [5.41, 5.74) is 1.05. The smallest absolute Gasteiger partial charge is 0.154 e. The topological polar surface area (TPSA) is 4.36 Å². The van der Waals surface area contributed by atoms with E-state index < -0.39 is 0 Å². The largest absolute Gasteiger partial charge is 0.246 e. The number of halogens is 1. The van der Waals surface area contributed by atoms with Gasteiger partial charge in [0.25, 0.3) is 0 Å². The summed E-state index contributed by atoms with van der Waals surface area (Å²) in [4.78, 5) is 3.11. The lowest BCUT2D eigenvalue weighted by molar-refractivity contribution is 1.61. The van der Waals surface area contributed by atoms with Crippen molar-refractivity contribution in [2.75, 3.05) is 0 Å². The molecular formula is C9H6BrN. The molecule has 0 fully saturated rings. The van der Waals surface area contributed by atoms with Gasteiger partial charge in [-0.25, -0.2) is 4.85 Å². The van der Waals surface area contributed by atoms with Crippen molar-refractivity contribution < 1.29 is 0 Å². The van der Waals surface area contributed by atoms with E-state index in [-0.39, 0.29) is 0 Å². The molecule has 0 aliphatic heterocycles. The van der Waals surface area contributed by atoms with Gasteiger partial charge in [-0.05, 0) is 17.7 Å². The second-order valence-corrected chi connectivity index (χ2v) is 2.91. The molecule has 0 atom stereocenters. The minimum Gasteiger partial charge on any atom is -0.246 e. The van der Waals surface area contributed by atoms with Crippen LogP contribution in [0.5, 0.6) is 0 Å². The van der Waals surface area contributed by atoms with Crippen LogP contribution in [0.3, 0.4) is 0 Å². The Bertz CT molecular complexity index is 292. The normalized spacial score (nSPS) is 9.82. The molecule has 0 N–H and O–H groups in total. The molecule has 0 amide bonds. The van der Waals surface area contributed by atoms with E-state index in [4.69, 9.17) is 6.57 Å². The molecule has 0 radical (unpaired) electrons. The third kappa shape index (κ3) is 2.57. The molecule has 0 spiro atoms. The molecule has 0 heterocycles. The maximum atomic E-state index is 6.52. The Balaban J connectivity index is 2.84. The number of hydrogen-bond donors (Lipinski definition) is 0. The fraction of sp³-hybridized carbons (Fsp3) is 0. The van der Waals surface area contributed by atoms with Crippen molar-refractivity contribution in [2.24, 2.45) is 0 Å². The Morgan fingerprint density at radius 1 is 1.27 bits per heavy atom. The van der Waals surface area contributed by atoms with Crippen LogP contribution < -0.4 is 0 Å². The summed E-state index contributed by atoms with van der Waals surface area (Å²) in [5, 5.41) is 0. The molecule has 54 valence electrons. The monoisotopic (exact) mass is 207 g/mol. The predicted molar refractivity (Wildman–Crippen MR) is 49.8 cm³/mol. The average molecular weight is 208 g/mol. The van der Waals surface area contributed by atoms with Crippen LogP contribution in [0.1, 0.15) is 5.56 Å². The minimum absolute atomic E-state index is 1.05. The Morgan fingerprint density at radius 2 is 1.91 bits per heavy atom. The lowest BCUT2D eigenvalue weighted by Gasteiger charge is -1.91. The summed E-state index contributed by atoms with van der Waals surface area (Å²) in [5.74, 6) is 0. The summed E-state index contributed by atoms with van der Waals surface area (Å²) >= 11 is 3.33. The van der Waals surface area contributed by atoms with Gasteiger partial charge in [0.15, 0.2) is 6.20 Å². The van der Waals surface area contributed by atoms with Crippen LogP contribution in [0.2, 0.25) is 0 Å². The van der Waals surface area contributed by atoms with Gasteiger partial charge in [0.05, 0.1) is 6.57 Å². The van der Waals surface area contributed by atoms with Crippen molar-refractivity contribution in [3.05, 3.63) is 51.9 Å². The van der Waals surface area contributed by atoms with Crippen molar-refractivity contribution in [3.63, 3.8) is 0 Å². The minimum atomic E-state index is 1.05. The molecule has 1 aromatic carbocycles. The van der Waals surface area contributed by atoms with E-state index >= 15 is 0 Å². The van der Waals surface area contributed by atoms with Crippen LogP contribution in [0.25, 0.3) is 10.9 Å². The van der Waals surface area contributed by atoms with Crippen LogP contribution in [-0.2, 0) is 0 Å². The fourth-order valence-electron chi connectivity index (χ4n) is 0.697. The van der Waals surface area contributed by atoms with Crippen molar-refractivity contribution in [3.8, 4) is 0 Å². The van der Waals surface area contributed by atoms with Gasteiger partial charge in [0.1, 0.15) is 0 Å².